The van der Waals surface area contributed by atoms with Crippen molar-refractivity contribution in [3.63, 3.8) is 0 Å². The molecule has 1 saturated carbocycles. The predicted octanol–water partition coefficient (Wildman–Crippen LogP) is 5.63. The Balaban J connectivity index is 1.47. The molecule has 0 saturated heterocycles. The quantitative estimate of drug-likeness (QED) is 0.242. The molecule has 210 valence electrons. The molecule has 0 bridgehead atoms. The van der Waals surface area contributed by atoms with Crippen LogP contribution in [-0.4, -0.2) is 50.1 Å². The van der Waals surface area contributed by atoms with Crippen molar-refractivity contribution in [1.82, 2.24) is 29.5 Å². The van der Waals surface area contributed by atoms with Crippen molar-refractivity contribution in [3.05, 3.63) is 59.9 Å². The lowest BCUT2D eigenvalue weighted by Crippen LogP contribution is -2.18. The smallest absolute Gasteiger partial charge is 0.434 e. The highest BCUT2D eigenvalue weighted by Crippen LogP contribution is 2.45. The van der Waals surface area contributed by atoms with E-state index in [9.17, 15) is 22.0 Å². The second-order valence-corrected chi connectivity index (χ2v) is 9.04. The van der Waals surface area contributed by atoms with Crippen LogP contribution in [0.1, 0.15) is 41.8 Å². The number of hydrogen-bond acceptors (Lipinski definition) is 8. The molecule has 1 aliphatic rings. The molecule has 0 spiro atoms. The van der Waals surface area contributed by atoms with E-state index in [2.05, 4.69) is 24.9 Å². The van der Waals surface area contributed by atoms with E-state index in [1.807, 2.05) is 0 Å². The topological polar surface area (TPSA) is 97.1 Å². The number of ether oxygens (including phenoxy) is 3. The van der Waals surface area contributed by atoms with Gasteiger partial charge >= 0.3 is 6.18 Å². The van der Waals surface area contributed by atoms with E-state index < -0.39 is 24.4 Å². The Labute approximate surface area is 225 Å². The van der Waals surface area contributed by atoms with Crippen molar-refractivity contribution >= 4 is 0 Å². The van der Waals surface area contributed by atoms with Crippen molar-refractivity contribution in [2.45, 2.75) is 37.5 Å². The summed E-state index contributed by atoms with van der Waals surface area (Å²) in [7, 11) is 4.17. The van der Waals surface area contributed by atoms with Gasteiger partial charge in [0.05, 0.1) is 26.1 Å². The molecule has 9 nitrogen and oxygen atoms in total. The Morgan fingerprint density at radius 3 is 2.25 bits per heavy atom. The first kappa shape index (κ1) is 27.2. The largest absolute Gasteiger partial charge is 0.490 e. The molecule has 0 N–H and O–H groups in total. The van der Waals surface area contributed by atoms with Gasteiger partial charge in [0.25, 0.3) is 12.3 Å². The predicted molar refractivity (Wildman–Crippen MR) is 131 cm³/mol. The molecule has 0 radical (unpaired) electrons. The van der Waals surface area contributed by atoms with Gasteiger partial charge in [-0.3, -0.25) is 0 Å². The zero-order valence-electron chi connectivity index (χ0n) is 21.5. The van der Waals surface area contributed by atoms with E-state index in [1.165, 1.54) is 62.6 Å². The maximum atomic E-state index is 14.3. The summed E-state index contributed by atoms with van der Waals surface area (Å²) in [4.78, 5) is 20.8. The highest BCUT2D eigenvalue weighted by Gasteiger charge is 2.35. The van der Waals surface area contributed by atoms with Crippen molar-refractivity contribution in [2.24, 2.45) is 7.05 Å². The Morgan fingerprint density at radius 1 is 0.950 bits per heavy atom. The van der Waals surface area contributed by atoms with Crippen LogP contribution in [-0.2, 0) is 13.2 Å². The maximum absolute atomic E-state index is 14.3. The Morgan fingerprint density at radius 2 is 1.68 bits per heavy atom. The van der Waals surface area contributed by atoms with Crippen molar-refractivity contribution in [2.75, 3.05) is 14.2 Å². The van der Waals surface area contributed by atoms with Gasteiger partial charge in [0.15, 0.2) is 23.4 Å². The molecule has 3 heterocycles. The second-order valence-electron chi connectivity index (χ2n) is 9.04. The summed E-state index contributed by atoms with van der Waals surface area (Å²) in [5.41, 5.74) is 0.434. The molecule has 3 aromatic heterocycles. The SMILES string of the molecule is COc1cnc(-c2c(OC)ncnc2C2CC2)nc1O[C@@H](c1ccc(-c2nc(C(F)(F)F)cn2C)cc1)C(F)F. The van der Waals surface area contributed by atoms with Crippen LogP contribution in [0.3, 0.4) is 0 Å². The average molecular weight is 562 g/mol. The zero-order valence-corrected chi connectivity index (χ0v) is 21.5. The number of alkyl halides is 5. The van der Waals surface area contributed by atoms with Crippen LogP contribution >= 0.6 is 0 Å². The zero-order chi connectivity index (χ0) is 28.6. The first-order valence-corrected chi connectivity index (χ1v) is 12.1. The van der Waals surface area contributed by atoms with Crippen LogP contribution in [0.5, 0.6) is 17.5 Å². The van der Waals surface area contributed by atoms with Gasteiger partial charge in [-0.2, -0.15) is 18.2 Å². The van der Waals surface area contributed by atoms with Crippen LogP contribution in [0.2, 0.25) is 0 Å². The number of methoxy groups -OCH3 is 2. The Hall–Kier alpha value is -4.36. The van der Waals surface area contributed by atoms with Crippen molar-refractivity contribution in [1.29, 1.82) is 0 Å². The fourth-order valence-electron chi connectivity index (χ4n) is 4.19. The maximum Gasteiger partial charge on any atom is 0.434 e. The molecule has 40 heavy (non-hydrogen) atoms. The summed E-state index contributed by atoms with van der Waals surface area (Å²) in [6.07, 6.45) is -4.01. The van der Waals surface area contributed by atoms with Gasteiger partial charge in [0.2, 0.25) is 5.88 Å². The van der Waals surface area contributed by atoms with E-state index in [0.29, 0.717) is 16.8 Å². The summed E-state index contributed by atoms with van der Waals surface area (Å²) < 4.78 is 85.2. The number of halogens is 5. The van der Waals surface area contributed by atoms with Gasteiger partial charge < -0.3 is 18.8 Å². The summed E-state index contributed by atoms with van der Waals surface area (Å²) in [6, 6.07) is 5.46. The molecule has 4 aromatic rings. The molecule has 0 unspecified atom stereocenters. The molecular weight excluding hydrogens is 539 g/mol. The number of aromatic nitrogens is 6. The van der Waals surface area contributed by atoms with Gasteiger partial charge in [-0.15, -0.1) is 0 Å². The van der Waals surface area contributed by atoms with Gasteiger partial charge in [-0.05, 0) is 18.4 Å². The number of rotatable bonds is 9. The van der Waals surface area contributed by atoms with Gasteiger partial charge in [-0.25, -0.2) is 28.7 Å². The minimum atomic E-state index is -4.62. The normalized spacial score (nSPS) is 14.3. The molecule has 0 amide bonds. The molecule has 1 atom stereocenters. The standard InChI is InChI=1S/C26H23F5N6O3/c1-37-11-17(26(29,30)31)35-23(37)15-8-6-14(7-9-15)20(21(27)28)40-24-16(38-2)10-32-22(36-24)18-19(13-4-5-13)33-12-34-25(18)39-3/h6-13,20-21H,4-5H2,1-3H3/t20-/m0/s1. The summed E-state index contributed by atoms with van der Waals surface area (Å²) in [5.74, 6) is 0.336. The molecular formula is C26H23F5N6O3. The minimum Gasteiger partial charge on any atom is -0.490 e. The highest BCUT2D eigenvalue weighted by molar-refractivity contribution is 5.66. The van der Waals surface area contributed by atoms with Crippen LogP contribution in [0, 0.1) is 0 Å². The Kier molecular flexibility index (Phi) is 7.25. The second kappa shape index (κ2) is 10.7. The van der Waals surface area contributed by atoms with E-state index in [1.54, 1.807) is 0 Å². The van der Waals surface area contributed by atoms with Gasteiger partial charge in [-0.1, -0.05) is 24.3 Å². The van der Waals surface area contributed by atoms with Crippen LogP contribution in [0.25, 0.3) is 22.8 Å². The van der Waals surface area contributed by atoms with E-state index >= 15 is 0 Å². The third-order valence-corrected chi connectivity index (χ3v) is 6.30. The third-order valence-electron chi connectivity index (χ3n) is 6.30. The van der Waals surface area contributed by atoms with Gasteiger partial charge in [0.1, 0.15) is 17.7 Å². The molecule has 14 heteroatoms. The molecule has 0 aliphatic heterocycles. The molecule has 1 aromatic carbocycles. The number of aryl methyl sites for hydroxylation is 1. The number of hydrogen-bond donors (Lipinski definition) is 0. The minimum absolute atomic E-state index is 0.0162. The monoisotopic (exact) mass is 562 g/mol. The number of nitrogens with zero attached hydrogens (tertiary/aromatic N) is 6. The summed E-state index contributed by atoms with van der Waals surface area (Å²) in [6.45, 7) is 0. The van der Waals surface area contributed by atoms with Gasteiger partial charge in [0, 0.05) is 24.7 Å². The Bertz CT molecular complexity index is 1510. The fraction of sp³-hybridized carbons (Fsp3) is 0.346. The number of imidazole rings is 1. The van der Waals surface area contributed by atoms with E-state index in [-0.39, 0.29) is 40.6 Å². The number of benzene rings is 1. The van der Waals surface area contributed by atoms with Crippen LogP contribution < -0.4 is 14.2 Å². The van der Waals surface area contributed by atoms with Crippen molar-refractivity contribution < 1.29 is 36.2 Å². The van der Waals surface area contributed by atoms with Crippen molar-refractivity contribution in [3.8, 4) is 40.3 Å². The van der Waals surface area contributed by atoms with E-state index in [4.69, 9.17) is 14.2 Å². The fourth-order valence-corrected chi connectivity index (χ4v) is 4.19. The van der Waals surface area contributed by atoms with Crippen LogP contribution in [0.15, 0.2) is 43.0 Å². The lowest BCUT2D eigenvalue weighted by atomic mass is 10.1. The summed E-state index contributed by atoms with van der Waals surface area (Å²) >= 11 is 0. The van der Waals surface area contributed by atoms with E-state index in [0.717, 1.165) is 19.0 Å². The van der Waals surface area contributed by atoms with Crippen LogP contribution in [0.4, 0.5) is 22.0 Å². The molecule has 5 rings (SSSR count). The highest BCUT2D eigenvalue weighted by atomic mass is 19.4. The lowest BCUT2D eigenvalue weighted by Gasteiger charge is -2.20. The first-order chi connectivity index (χ1) is 19.1. The lowest BCUT2D eigenvalue weighted by molar-refractivity contribution is -0.140. The summed E-state index contributed by atoms with van der Waals surface area (Å²) in [5, 5.41) is 0. The molecule has 1 fully saturated rings. The average Bonchev–Trinajstić information content (AvgIpc) is 3.71. The molecule has 1 aliphatic carbocycles. The first-order valence-electron chi connectivity index (χ1n) is 12.1. The third kappa shape index (κ3) is 5.38.